The van der Waals surface area contributed by atoms with E-state index < -0.39 is 0 Å². The maximum atomic E-state index is 8.93. The number of hydrogen-bond donors (Lipinski definition) is 0. The number of thioether (sulfide) groups is 1. The van der Waals surface area contributed by atoms with Crippen LogP contribution in [0.15, 0.2) is 48.5 Å². The molecule has 0 saturated carbocycles. The number of nitriles is 1. The zero-order valence-electron chi connectivity index (χ0n) is 10.8. The Balaban J connectivity index is 2.01. The van der Waals surface area contributed by atoms with Crippen molar-refractivity contribution in [3.63, 3.8) is 0 Å². The molecule has 0 fully saturated rings. The van der Waals surface area contributed by atoms with Crippen LogP contribution in [0.3, 0.4) is 0 Å². The van der Waals surface area contributed by atoms with Crippen LogP contribution in [0.25, 0.3) is 0 Å². The molecule has 0 heterocycles. The van der Waals surface area contributed by atoms with E-state index in [0.29, 0.717) is 5.56 Å². The van der Waals surface area contributed by atoms with Crippen LogP contribution in [0.1, 0.15) is 16.7 Å². The van der Waals surface area contributed by atoms with E-state index in [4.69, 9.17) is 10.00 Å². The number of ether oxygens (including phenoxy) is 1. The summed E-state index contributed by atoms with van der Waals surface area (Å²) in [5.41, 5.74) is 3.06. The first kappa shape index (κ1) is 13.5. The van der Waals surface area contributed by atoms with Crippen molar-refractivity contribution < 1.29 is 4.74 Å². The van der Waals surface area contributed by atoms with Gasteiger partial charge in [-0.1, -0.05) is 30.3 Å². The molecule has 0 aliphatic rings. The van der Waals surface area contributed by atoms with Crippen molar-refractivity contribution >= 4 is 11.8 Å². The van der Waals surface area contributed by atoms with E-state index in [-0.39, 0.29) is 0 Å². The Hall–Kier alpha value is -1.92. The van der Waals surface area contributed by atoms with Crippen LogP contribution in [0.5, 0.6) is 5.75 Å². The molecule has 0 spiro atoms. The highest BCUT2D eigenvalue weighted by molar-refractivity contribution is 7.97. The largest absolute Gasteiger partial charge is 0.496 e. The second kappa shape index (κ2) is 6.86. The van der Waals surface area contributed by atoms with Crippen molar-refractivity contribution in [1.82, 2.24) is 0 Å². The second-order valence-electron chi connectivity index (χ2n) is 4.12. The zero-order chi connectivity index (χ0) is 13.5. The standard InChI is InChI=1S/C16H15NOS/c1-18-16-8-7-14(10-17)9-15(16)12-19-11-13-5-3-2-4-6-13/h2-9H,11-12H2,1H3. The molecule has 0 amide bonds. The summed E-state index contributed by atoms with van der Waals surface area (Å²) in [5, 5.41) is 8.93. The van der Waals surface area contributed by atoms with Crippen LogP contribution in [-0.4, -0.2) is 7.11 Å². The van der Waals surface area contributed by atoms with E-state index in [0.717, 1.165) is 22.8 Å². The molecule has 0 atom stereocenters. The smallest absolute Gasteiger partial charge is 0.122 e. The molecule has 0 bridgehead atoms. The van der Waals surface area contributed by atoms with Crippen LogP contribution in [0.4, 0.5) is 0 Å². The van der Waals surface area contributed by atoms with Crippen LogP contribution in [0.2, 0.25) is 0 Å². The van der Waals surface area contributed by atoms with Crippen LogP contribution in [-0.2, 0) is 11.5 Å². The fourth-order valence-electron chi connectivity index (χ4n) is 1.81. The number of rotatable bonds is 5. The molecule has 2 rings (SSSR count). The molecule has 2 aromatic carbocycles. The molecule has 0 aliphatic carbocycles. The Kier molecular flexibility index (Phi) is 4.88. The molecule has 0 saturated heterocycles. The minimum atomic E-state index is 0.677. The molecule has 2 nitrogen and oxygen atoms in total. The van der Waals surface area contributed by atoms with Gasteiger partial charge >= 0.3 is 0 Å². The van der Waals surface area contributed by atoms with E-state index >= 15 is 0 Å². The highest BCUT2D eigenvalue weighted by Crippen LogP contribution is 2.26. The number of benzene rings is 2. The minimum Gasteiger partial charge on any atom is -0.496 e. The normalized spacial score (nSPS) is 9.89. The van der Waals surface area contributed by atoms with Crippen molar-refractivity contribution in [1.29, 1.82) is 5.26 Å². The summed E-state index contributed by atoms with van der Waals surface area (Å²) in [6.45, 7) is 0. The minimum absolute atomic E-state index is 0.677. The van der Waals surface area contributed by atoms with Crippen LogP contribution < -0.4 is 4.74 Å². The van der Waals surface area contributed by atoms with Crippen molar-refractivity contribution in [3.05, 3.63) is 65.2 Å². The molecule has 0 N–H and O–H groups in total. The van der Waals surface area contributed by atoms with Gasteiger partial charge < -0.3 is 4.74 Å². The lowest BCUT2D eigenvalue weighted by atomic mass is 10.1. The van der Waals surface area contributed by atoms with Crippen LogP contribution >= 0.6 is 11.8 Å². The summed E-state index contributed by atoms with van der Waals surface area (Å²) in [4.78, 5) is 0. The first-order valence-electron chi connectivity index (χ1n) is 6.02. The third-order valence-electron chi connectivity index (χ3n) is 2.78. The van der Waals surface area contributed by atoms with E-state index in [1.807, 2.05) is 42.1 Å². The van der Waals surface area contributed by atoms with Gasteiger partial charge in [-0.15, -0.1) is 0 Å². The van der Waals surface area contributed by atoms with Gasteiger partial charge in [0.25, 0.3) is 0 Å². The fourth-order valence-corrected chi connectivity index (χ4v) is 2.79. The molecule has 19 heavy (non-hydrogen) atoms. The summed E-state index contributed by atoms with van der Waals surface area (Å²) < 4.78 is 5.32. The third-order valence-corrected chi connectivity index (χ3v) is 3.83. The summed E-state index contributed by atoms with van der Waals surface area (Å²) in [6, 6.07) is 18.1. The monoisotopic (exact) mass is 269 g/mol. The molecular weight excluding hydrogens is 254 g/mol. The molecule has 0 aliphatic heterocycles. The fraction of sp³-hybridized carbons (Fsp3) is 0.188. The van der Waals surface area contributed by atoms with E-state index in [2.05, 4.69) is 18.2 Å². The maximum absolute atomic E-state index is 8.93. The Labute approximate surface area is 118 Å². The predicted molar refractivity (Wildman–Crippen MR) is 79.2 cm³/mol. The maximum Gasteiger partial charge on any atom is 0.122 e. The Morgan fingerprint density at radius 3 is 2.58 bits per heavy atom. The van der Waals surface area contributed by atoms with Crippen molar-refractivity contribution in [2.45, 2.75) is 11.5 Å². The highest BCUT2D eigenvalue weighted by atomic mass is 32.2. The second-order valence-corrected chi connectivity index (χ2v) is 5.10. The number of hydrogen-bond acceptors (Lipinski definition) is 3. The van der Waals surface area contributed by atoms with Gasteiger partial charge in [-0.25, -0.2) is 0 Å². The van der Waals surface area contributed by atoms with Gasteiger partial charge in [0.15, 0.2) is 0 Å². The summed E-state index contributed by atoms with van der Waals surface area (Å²) in [7, 11) is 1.66. The highest BCUT2D eigenvalue weighted by Gasteiger charge is 2.04. The SMILES string of the molecule is COc1ccc(C#N)cc1CSCc1ccccc1. The topological polar surface area (TPSA) is 33.0 Å². The Morgan fingerprint density at radius 2 is 1.89 bits per heavy atom. The van der Waals surface area contributed by atoms with Gasteiger partial charge in [-0.2, -0.15) is 17.0 Å². The van der Waals surface area contributed by atoms with E-state index in [9.17, 15) is 0 Å². The van der Waals surface area contributed by atoms with Gasteiger partial charge in [0, 0.05) is 17.1 Å². The third kappa shape index (κ3) is 3.77. The first-order valence-corrected chi connectivity index (χ1v) is 7.17. The van der Waals surface area contributed by atoms with Gasteiger partial charge in [-0.3, -0.25) is 0 Å². The van der Waals surface area contributed by atoms with Crippen LogP contribution in [0, 0.1) is 11.3 Å². The van der Waals surface area contributed by atoms with Gasteiger partial charge in [-0.05, 0) is 23.8 Å². The van der Waals surface area contributed by atoms with Crippen molar-refractivity contribution in [2.75, 3.05) is 7.11 Å². The molecular formula is C16H15NOS. The Bertz CT molecular complexity index is 575. The summed E-state index contributed by atoms with van der Waals surface area (Å²) >= 11 is 1.82. The molecule has 3 heteroatoms. The predicted octanol–water partition coefficient (Wildman–Crippen LogP) is 4.00. The van der Waals surface area contributed by atoms with Gasteiger partial charge in [0.1, 0.15) is 5.75 Å². The lowest BCUT2D eigenvalue weighted by Gasteiger charge is -2.08. The Morgan fingerprint density at radius 1 is 1.11 bits per heavy atom. The zero-order valence-corrected chi connectivity index (χ0v) is 11.6. The molecule has 0 radical (unpaired) electrons. The van der Waals surface area contributed by atoms with Gasteiger partial charge in [0.2, 0.25) is 0 Å². The molecule has 0 aromatic heterocycles. The quantitative estimate of drug-likeness (QED) is 0.822. The average molecular weight is 269 g/mol. The van der Waals surface area contributed by atoms with Crippen molar-refractivity contribution in [2.24, 2.45) is 0 Å². The number of nitrogens with zero attached hydrogens (tertiary/aromatic N) is 1. The van der Waals surface area contributed by atoms with Crippen molar-refractivity contribution in [3.8, 4) is 11.8 Å². The van der Waals surface area contributed by atoms with E-state index in [1.54, 1.807) is 13.2 Å². The number of methoxy groups -OCH3 is 1. The lowest BCUT2D eigenvalue weighted by molar-refractivity contribution is 0.411. The average Bonchev–Trinajstić information content (AvgIpc) is 2.48. The van der Waals surface area contributed by atoms with Gasteiger partial charge in [0.05, 0.1) is 18.7 Å². The lowest BCUT2D eigenvalue weighted by Crippen LogP contribution is -1.92. The summed E-state index contributed by atoms with van der Waals surface area (Å²) in [6.07, 6.45) is 0. The first-order chi connectivity index (χ1) is 9.33. The molecule has 0 unspecified atom stereocenters. The molecule has 96 valence electrons. The summed E-state index contributed by atoms with van der Waals surface area (Å²) in [5.74, 6) is 2.65. The molecule has 2 aromatic rings. The van der Waals surface area contributed by atoms with E-state index in [1.165, 1.54) is 5.56 Å².